The van der Waals surface area contributed by atoms with Gasteiger partial charge in [0.25, 0.3) is 5.09 Å². The minimum Gasteiger partial charge on any atom is -0.353 e. The summed E-state index contributed by atoms with van der Waals surface area (Å²) in [5.41, 5.74) is 0. The van der Waals surface area contributed by atoms with Crippen molar-refractivity contribution in [1.82, 2.24) is 0 Å². The molecule has 1 aliphatic rings. The highest BCUT2D eigenvalue weighted by atomic mass is 16.9. The largest absolute Gasteiger partial charge is 0.353 e. The summed E-state index contributed by atoms with van der Waals surface area (Å²) in [6.07, 6.45) is 2.58. The first-order chi connectivity index (χ1) is 6.29. The SMILES string of the molecule is O=[N+]([O-])OCCCCC1COCO1. The van der Waals surface area contributed by atoms with Gasteiger partial charge in [-0.1, -0.05) is 0 Å². The Bertz CT molecular complexity index is 157. The predicted molar refractivity (Wildman–Crippen MR) is 42.5 cm³/mol. The molecule has 0 saturated carbocycles. The van der Waals surface area contributed by atoms with Gasteiger partial charge >= 0.3 is 0 Å². The average Bonchev–Trinajstić information content (AvgIpc) is 2.55. The van der Waals surface area contributed by atoms with Crippen molar-refractivity contribution < 1.29 is 19.4 Å². The molecule has 1 aliphatic heterocycles. The number of unbranched alkanes of at least 4 members (excludes halogenated alkanes) is 1. The molecule has 6 nitrogen and oxygen atoms in total. The third-order valence-electron chi connectivity index (χ3n) is 1.81. The molecule has 6 heteroatoms. The van der Waals surface area contributed by atoms with E-state index >= 15 is 0 Å². The Morgan fingerprint density at radius 1 is 1.54 bits per heavy atom. The highest BCUT2D eigenvalue weighted by molar-refractivity contribution is 4.59. The molecule has 1 unspecified atom stereocenters. The van der Waals surface area contributed by atoms with Gasteiger partial charge in [0.15, 0.2) is 0 Å². The Kier molecular flexibility index (Phi) is 4.48. The fraction of sp³-hybridized carbons (Fsp3) is 1.00. The minimum absolute atomic E-state index is 0.163. The van der Waals surface area contributed by atoms with Crippen LogP contribution >= 0.6 is 0 Å². The zero-order valence-electron chi connectivity index (χ0n) is 7.31. The van der Waals surface area contributed by atoms with Crippen LogP contribution in [0.25, 0.3) is 0 Å². The Morgan fingerprint density at radius 2 is 2.38 bits per heavy atom. The molecule has 0 aromatic heterocycles. The molecule has 76 valence electrons. The van der Waals surface area contributed by atoms with Crippen LogP contribution in [-0.2, 0) is 14.3 Å². The van der Waals surface area contributed by atoms with E-state index in [-0.39, 0.29) is 12.7 Å². The Balaban J connectivity index is 1.86. The smallest absolute Gasteiger partial charge is 0.294 e. The average molecular weight is 191 g/mol. The van der Waals surface area contributed by atoms with Crippen LogP contribution in [0.5, 0.6) is 0 Å². The third kappa shape index (κ3) is 4.64. The Hall–Kier alpha value is -0.880. The van der Waals surface area contributed by atoms with Gasteiger partial charge in [-0.15, -0.1) is 10.1 Å². The van der Waals surface area contributed by atoms with Crippen molar-refractivity contribution in [2.24, 2.45) is 0 Å². The molecule has 1 saturated heterocycles. The summed E-state index contributed by atoms with van der Waals surface area (Å²) >= 11 is 0. The lowest BCUT2D eigenvalue weighted by atomic mass is 10.2. The summed E-state index contributed by atoms with van der Waals surface area (Å²) in [5.74, 6) is 0. The zero-order valence-corrected chi connectivity index (χ0v) is 7.31. The summed E-state index contributed by atoms with van der Waals surface area (Å²) in [4.78, 5) is 13.9. The van der Waals surface area contributed by atoms with Gasteiger partial charge in [0, 0.05) is 0 Å². The van der Waals surface area contributed by atoms with E-state index < -0.39 is 5.09 Å². The van der Waals surface area contributed by atoms with Crippen molar-refractivity contribution in [2.75, 3.05) is 20.0 Å². The second kappa shape index (κ2) is 5.71. The van der Waals surface area contributed by atoms with Gasteiger partial charge in [-0.3, -0.25) is 0 Å². The van der Waals surface area contributed by atoms with Crippen LogP contribution in [0.4, 0.5) is 0 Å². The molecule has 0 radical (unpaired) electrons. The molecule has 0 amide bonds. The van der Waals surface area contributed by atoms with E-state index in [4.69, 9.17) is 9.47 Å². The van der Waals surface area contributed by atoms with E-state index in [1.165, 1.54) is 0 Å². The van der Waals surface area contributed by atoms with Crippen LogP contribution in [-0.4, -0.2) is 31.2 Å². The van der Waals surface area contributed by atoms with Crippen LogP contribution in [0.2, 0.25) is 0 Å². The highest BCUT2D eigenvalue weighted by Crippen LogP contribution is 2.10. The van der Waals surface area contributed by atoms with Crippen molar-refractivity contribution >= 4 is 0 Å². The fourth-order valence-electron chi connectivity index (χ4n) is 1.15. The fourth-order valence-corrected chi connectivity index (χ4v) is 1.15. The molecule has 0 N–H and O–H groups in total. The lowest BCUT2D eigenvalue weighted by molar-refractivity contribution is -0.757. The molecule has 0 bridgehead atoms. The lowest BCUT2D eigenvalue weighted by Gasteiger charge is -2.05. The Labute approximate surface area is 75.9 Å². The van der Waals surface area contributed by atoms with E-state index in [1.54, 1.807) is 0 Å². The second-order valence-corrected chi connectivity index (χ2v) is 2.83. The van der Waals surface area contributed by atoms with Gasteiger partial charge in [0.2, 0.25) is 0 Å². The molecule has 1 rings (SSSR count). The summed E-state index contributed by atoms with van der Waals surface area (Å²) in [6, 6.07) is 0. The standard InChI is InChI=1S/C7H13NO5/c9-8(10)13-4-2-1-3-7-5-11-6-12-7/h7H,1-6H2. The summed E-state index contributed by atoms with van der Waals surface area (Å²) in [7, 11) is 0. The topological polar surface area (TPSA) is 70.8 Å². The van der Waals surface area contributed by atoms with Crippen molar-refractivity contribution in [3.05, 3.63) is 10.1 Å². The van der Waals surface area contributed by atoms with Gasteiger partial charge in [-0.2, -0.15) is 0 Å². The van der Waals surface area contributed by atoms with Gasteiger partial charge in [0.05, 0.1) is 19.3 Å². The van der Waals surface area contributed by atoms with E-state index in [0.29, 0.717) is 19.8 Å². The molecule has 13 heavy (non-hydrogen) atoms. The molecule has 1 atom stereocenters. The van der Waals surface area contributed by atoms with E-state index in [9.17, 15) is 10.1 Å². The van der Waals surface area contributed by atoms with Crippen molar-refractivity contribution in [3.8, 4) is 0 Å². The molecule has 0 aromatic carbocycles. The predicted octanol–water partition coefficient (Wildman–Crippen LogP) is 0.738. The molecule has 0 aromatic rings. The van der Waals surface area contributed by atoms with Gasteiger partial charge in [-0.05, 0) is 19.3 Å². The highest BCUT2D eigenvalue weighted by Gasteiger charge is 2.14. The van der Waals surface area contributed by atoms with Crippen LogP contribution in [0.1, 0.15) is 19.3 Å². The molecular formula is C7H13NO5. The molecule has 1 fully saturated rings. The Morgan fingerprint density at radius 3 is 3.00 bits per heavy atom. The summed E-state index contributed by atoms with van der Waals surface area (Å²) in [6.45, 7) is 1.17. The van der Waals surface area contributed by atoms with Crippen LogP contribution < -0.4 is 0 Å². The molecule has 0 spiro atoms. The first-order valence-corrected chi connectivity index (χ1v) is 4.25. The summed E-state index contributed by atoms with van der Waals surface area (Å²) < 4.78 is 10.2. The van der Waals surface area contributed by atoms with Crippen molar-refractivity contribution in [2.45, 2.75) is 25.4 Å². The first kappa shape index (κ1) is 10.2. The quantitative estimate of drug-likeness (QED) is 0.351. The zero-order chi connectivity index (χ0) is 9.52. The maximum atomic E-state index is 9.76. The number of rotatable bonds is 6. The summed E-state index contributed by atoms with van der Waals surface area (Å²) in [5, 5.41) is 8.99. The van der Waals surface area contributed by atoms with E-state index in [0.717, 1.165) is 12.8 Å². The normalized spacial score (nSPS) is 21.7. The number of hydrogen-bond acceptors (Lipinski definition) is 5. The van der Waals surface area contributed by atoms with E-state index in [1.807, 2.05) is 0 Å². The third-order valence-corrected chi connectivity index (χ3v) is 1.81. The van der Waals surface area contributed by atoms with Crippen LogP contribution in [0, 0.1) is 10.1 Å². The molecular weight excluding hydrogens is 178 g/mol. The monoisotopic (exact) mass is 191 g/mol. The van der Waals surface area contributed by atoms with Crippen molar-refractivity contribution in [1.29, 1.82) is 0 Å². The number of hydrogen-bond donors (Lipinski definition) is 0. The number of nitrogens with zero attached hydrogens (tertiary/aromatic N) is 1. The van der Waals surface area contributed by atoms with Crippen molar-refractivity contribution in [3.63, 3.8) is 0 Å². The van der Waals surface area contributed by atoms with Crippen LogP contribution in [0.15, 0.2) is 0 Å². The van der Waals surface area contributed by atoms with Gasteiger partial charge in [-0.25, -0.2) is 0 Å². The number of ether oxygens (including phenoxy) is 2. The van der Waals surface area contributed by atoms with E-state index in [2.05, 4.69) is 4.84 Å². The van der Waals surface area contributed by atoms with Gasteiger partial charge in [0.1, 0.15) is 6.79 Å². The first-order valence-electron chi connectivity index (χ1n) is 4.25. The lowest BCUT2D eigenvalue weighted by Crippen LogP contribution is -2.09. The van der Waals surface area contributed by atoms with Gasteiger partial charge < -0.3 is 14.3 Å². The molecule has 0 aliphatic carbocycles. The second-order valence-electron chi connectivity index (χ2n) is 2.83. The van der Waals surface area contributed by atoms with Crippen LogP contribution in [0.3, 0.4) is 0 Å². The maximum absolute atomic E-state index is 9.76. The minimum atomic E-state index is -0.769. The maximum Gasteiger partial charge on any atom is 0.294 e. The molecule has 1 heterocycles.